The maximum absolute atomic E-state index is 12.5. The van der Waals surface area contributed by atoms with Crippen molar-refractivity contribution in [3.05, 3.63) is 29.8 Å². The van der Waals surface area contributed by atoms with Crippen LogP contribution in [0.2, 0.25) is 0 Å². The molecule has 0 fully saturated rings. The van der Waals surface area contributed by atoms with Crippen molar-refractivity contribution < 1.29 is 13.2 Å². The van der Waals surface area contributed by atoms with Crippen LogP contribution >= 0.6 is 0 Å². The molecule has 6 nitrogen and oxygen atoms in total. The summed E-state index contributed by atoms with van der Waals surface area (Å²) < 4.78 is 26.3. The Balaban J connectivity index is 2.22. The summed E-state index contributed by atoms with van der Waals surface area (Å²) in [6.45, 7) is 4.05. The number of benzene rings is 1. The van der Waals surface area contributed by atoms with E-state index in [1.54, 1.807) is 31.3 Å². The van der Waals surface area contributed by atoms with Crippen molar-refractivity contribution in [2.45, 2.75) is 43.9 Å². The molecule has 0 radical (unpaired) electrons. The maximum atomic E-state index is 12.5. The van der Waals surface area contributed by atoms with Crippen LogP contribution in [0.3, 0.4) is 0 Å². The number of amides is 1. The van der Waals surface area contributed by atoms with Gasteiger partial charge in [0.2, 0.25) is 15.9 Å². The van der Waals surface area contributed by atoms with Gasteiger partial charge in [0.25, 0.3) is 0 Å². The number of nitrogens with one attached hydrogen (secondary N) is 1. The highest BCUT2D eigenvalue weighted by Crippen LogP contribution is 2.15. The van der Waals surface area contributed by atoms with E-state index in [1.165, 1.54) is 4.31 Å². The molecule has 0 saturated carbocycles. The second kappa shape index (κ2) is 11.3. The number of unbranched alkanes of at least 4 members (excludes halogenated alkanes) is 2. The molecule has 1 aromatic rings. The number of rotatable bonds is 12. The highest BCUT2D eigenvalue weighted by atomic mass is 32.2. The Kier molecular flexibility index (Phi) is 9.83. The molecule has 0 aliphatic carbocycles. The lowest BCUT2D eigenvalue weighted by molar-refractivity contribution is -0.121. The Bertz CT molecular complexity index is 642. The monoisotopic (exact) mass is 383 g/mol. The number of carbonyl (C=O) groups excluding carboxylic acids is 1. The fourth-order valence-corrected chi connectivity index (χ4v) is 3.73. The van der Waals surface area contributed by atoms with Crippen molar-refractivity contribution in [1.82, 2.24) is 14.5 Å². The highest BCUT2D eigenvalue weighted by Gasteiger charge is 2.19. The maximum Gasteiger partial charge on any atom is 0.242 e. The number of sulfonamides is 1. The van der Waals surface area contributed by atoms with Gasteiger partial charge in [-0.3, -0.25) is 4.79 Å². The number of hydrogen-bond acceptors (Lipinski definition) is 4. The summed E-state index contributed by atoms with van der Waals surface area (Å²) in [6.07, 6.45) is 3.79. The number of aryl methyl sites for hydroxylation is 1. The van der Waals surface area contributed by atoms with E-state index in [1.807, 2.05) is 21.0 Å². The lowest BCUT2D eigenvalue weighted by Gasteiger charge is -2.17. The average Bonchev–Trinajstić information content (AvgIpc) is 2.58. The molecule has 0 aliphatic heterocycles. The van der Waals surface area contributed by atoms with Gasteiger partial charge in [-0.1, -0.05) is 24.1 Å². The van der Waals surface area contributed by atoms with Gasteiger partial charge in [0.05, 0.1) is 4.90 Å². The van der Waals surface area contributed by atoms with Gasteiger partial charge in [0, 0.05) is 26.6 Å². The third-order valence-electron chi connectivity index (χ3n) is 4.21. The van der Waals surface area contributed by atoms with Crippen LogP contribution in [0.5, 0.6) is 0 Å². The fraction of sp³-hybridized carbons (Fsp3) is 0.632. The van der Waals surface area contributed by atoms with Crippen molar-refractivity contribution >= 4 is 15.9 Å². The van der Waals surface area contributed by atoms with Crippen molar-refractivity contribution in [2.24, 2.45) is 0 Å². The molecule has 1 N–H and O–H groups in total. The van der Waals surface area contributed by atoms with Gasteiger partial charge >= 0.3 is 0 Å². The van der Waals surface area contributed by atoms with Crippen molar-refractivity contribution in [3.63, 3.8) is 0 Å². The van der Waals surface area contributed by atoms with Crippen LogP contribution in [0, 0.1) is 6.92 Å². The van der Waals surface area contributed by atoms with Gasteiger partial charge in [0.15, 0.2) is 0 Å². The zero-order valence-corrected chi connectivity index (χ0v) is 17.3. The van der Waals surface area contributed by atoms with Gasteiger partial charge < -0.3 is 10.2 Å². The Hall–Kier alpha value is -1.44. The Morgan fingerprint density at radius 1 is 0.962 bits per heavy atom. The quantitative estimate of drug-likeness (QED) is 0.562. The molecule has 1 rings (SSSR count). The normalized spacial score (nSPS) is 11.9. The van der Waals surface area contributed by atoms with Gasteiger partial charge in [-0.15, -0.1) is 0 Å². The predicted octanol–water partition coefficient (Wildman–Crippen LogP) is 2.24. The molecule has 0 atom stereocenters. The van der Waals surface area contributed by atoms with Gasteiger partial charge in [0.1, 0.15) is 0 Å². The van der Waals surface area contributed by atoms with Crippen LogP contribution in [0.4, 0.5) is 0 Å². The first kappa shape index (κ1) is 22.6. The molecule has 1 amide bonds. The van der Waals surface area contributed by atoms with Gasteiger partial charge in [-0.05, 0) is 59.0 Å². The Morgan fingerprint density at radius 3 is 2.23 bits per heavy atom. The molecule has 0 unspecified atom stereocenters. The third-order valence-corrected chi connectivity index (χ3v) is 6.08. The van der Waals surface area contributed by atoms with Gasteiger partial charge in [-0.2, -0.15) is 0 Å². The summed E-state index contributed by atoms with van der Waals surface area (Å²) >= 11 is 0. The molecule has 1 aromatic carbocycles. The van der Waals surface area contributed by atoms with E-state index in [2.05, 4.69) is 10.2 Å². The van der Waals surface area contributed by atoms with E-state index in [0.717, 1.165) is 37.8 Å². The van der Waals surface area contributed by atoms with E-state index < -0.39 is 10.0 Å². The van der Waals surface area contributed by atoms with Crippen LogP contribution in [-0.2, 0) is 14.8 Å². The molecule has 7 heteroatoms. The summed E-state index contributed by atoms with van der Waals surface area (Å²) in [5, 5.41) is 2.92. The third kappa shape index (κ3) is 8.29. The first-order chi connectivity index (χ1) is 12.2. The number of carbonyl (C=O) groups is 1. The van der Waals surface area contributed by atoms with E-state index in [9.17, 15) is 13.2 Å². The first-order valence-corrected chi connectivity index (χ1v) is 10.6. The van der Waals surface area contributed by atoms with Crippen molar-refractivity contribution in [1.29, 1.82) is 0 Å². The molecular formula is C19H33N3O3S. The molecule has 0 heterocycles. The zero-order chi connectivity index (χ0) is 19.6. The van der Waals surface area contributed by atoms with Crippen LogP contribution in [0.15, 0.2) is 29.2 Å². The van der Waals surface area contributed by atoms with Crippen molar-refractivity contribution in [2.75, 3.05) is 40.8 Å². The fourth-order valence-electron chi connectivity index (χ4n) is 2.52. The van der Waals surface area contributed by atoms with Crippen molar-refractivity contribution in [3.8, 4) is 0 Å². The summed E-state index contributed by atoms with van der Waals surface area (Å²) in [4.78, 5) is 14.1. The Labute approximate surface area is 158 Å². The topological polar surface area (TPSA) is 69.7 Å². The molecule has 0 saturated heterocycles. The smallest absolute Gasteiger partial charge is 0.242 e. The van der Waals surface area contributed by atoms with E-state index in [-0.39, 0.29) is 5.91 Å². The molecule has 0 spiro atoms. The van der Waals surface area contributed by atoms with Crippen LogP contribution < -0.4 is 5.32 Å². The summed E-state index contributed by atoms with van der Waals surface area (Å²) in [5.41, 5.74) is 1.03. The average molecular weight is 384 g/mol. The number of nitrogens with zero attached hydrogens (tertiary/aromatic N) is 2. The van der Waals surface area contributed by atoms with Gasteiger partial charge in [-0.25, -0.2) is 12.7 Å². The lowest BCUT2D eigenvalue weighted by atomic mass is 10.2. The van der Waals surface area contributed by atoms with Crippen LogP contribution in [-0.4, -0.2) is 64.3 Å². The Morgan fingerprint density at radius 2 is 1.62 bits per heavy atom. The molecule has 0 aromatic heterocycles. The lowest BCUT2D eigenvalue weighted by Crippen LogP contribution is -2.28. The molecule has 0 aliphatic rings. The second-order valence-corrected chi connectivity index (χ2v) is 9.00. The second-order valence-electron chi connectivity index (χ2n) is 6.96. The van der Waals surface area contributed by atoms with E-state index >= 15 is 0 Å². The summed E-state index contributed by atoms with van der Waals surface area (Å²) in [7, 11) is 2.20. The minimum atomic E-state index is -3.43. The highest BCUT2D eigenvalue weighted by molar-refractivity contribution is 7.89. The number of hydrogen-bond donors (Lipinski definition) is 1. The summed E-state index contributed by atoms with van der Waals surface area (Å²) in [5.74, 6) is 0.0735. The first-order valence-electron chi connectivity index (χ1n) is 9.18. The minimum Gasteiger partial charge on any atom is -0.356 e. The molecular weight excluding hydrogens is 350 g/mol. The molecule has 0 bridgehead atoms. The largest absolute Gasteiger partial charge is 0.356 e. The van der Waals surface area contributed by atoms with Crippen LogP contribution in [0.1, 0.15) is 37.7 Å². The van der Waals surface area contributed by atoms with E-state index in [4.69, 9.17) is 0 Å². The minimum absolute atomic E-state index is 0.0735. The predicted molar refractivity (Wildman–Crippen MR) is 106 cm³/mol. The summed E-state index contributed by atoms with van der Waals surface area (Å²) in [6, 6.07) is 6.89. The molecule has 148 valence electrons. The SMILES string of the molecule is Cc1ccc(S(=O)(=O)N(C)CCCCCC(=O)NCCCN(C)C)cc1. The van der Waals surface area contributed by atoms with E-state index in [0.29, 0.717) is 24.4 Å². The zero-order valence-electron chi connectivity index (χ0n) is 16.5. The van der Waals surface area contributed by atoms with Crippen LogP contribution in [0.25, 0.3) is 0 Å². The standard InChI is InChI=1S/C19H33N3O3S/c1-17-10-12-18(13-11-17)26(24,25)22(4)16-7-5-6-9-19(23)20-14-8-15-21(2)3/h10-13H,5-9,14-16H2,1-4H3,(H,20,23). The molecule has 26 heavy (non-hydrogen) atoms.